The van der Waals surface area contributed by atoms with Gasteiger partial charge in [0.25, 0.3) is 0 Å². The fraction of sp³-hybridized carbons (Fsp3) is 0.250. The lowest BCUT2D eigenvalue weighted by molar-refractivity contribution is 0.495. The third-order valence-corrected chi connectivity index (χ3v) is 5.02. The largest absolute Gasteiger partial charge is 0.364 e. The molecule has 23 heavy (non-hydrogen) atoms. The molecule has 1 heterocycles. The molecule has 2 aromatic rings. The minimum atomic E-state index is -3.76. The summed E-state index contributed by atoms with van der Waals surface area (Å²) < 4.78 is 50.1. The molecule has 1 aliphatic rings. The van der Waals surface area contributed by atoms with Crippen molar-refractivity contribution in [1.29, 1.82) is 0 Å². The van der Waals surface area contributed by atoms with Crippen molar-refractivity contribution in [3.63, 3.8) is 0 Å². The number of anilines is 1. The Morgan fingerprint density at radius 1 is 1.26 bits per heavy atom. The predicted octanol–water partition coefficient (Wildman–Crippen LogP) is 2.56. The third-order valence-electron chi connectivity index (χ3n) is 4.11. The van der Waals surface area contributed by atoms with Crippen LogP contribution in [0.4, 0.5) is 14.5 Å². The van der Waals surface area contributed by atoms with E-state index >= 15 is 0 Å². The van der Waals surface area contributed by atoms with Crippen LogP contribution in [0.1, 0.15) is 18.1 Å². The van der Waals surface area contributed by atoms with E-state index in [2.05, 4.69) is 0 Å². The van der Waals surface area contributed by atoms with E-state index in [0.717, 1.165) is 17.3 Å². The molecule has 2 aromatic carbocycles. The molecule has 1 aliphatic heterocycles. The molecular formula is C16H16F2N2O2S. The van der Waals surface area contributed by atoms with Crippen molar-refractivity contribution in [2.24, 2.45) is 5.14 Å². The maximum atomic E-state index is 13.9. The van der Waals surface area contributed by atoms with Gasteiger partial charge in [-0.3, -0.25) is 0 Å². The molecule has 0 bridgehead atoms. The molecule has 0 saturated heterocycles. The van der Waals surface area contributed by atoms with E-state index in [1.807, 2.05) is 11.8 Å². The van der Waals surface area contributed by atoms with Gasteiger partial charge in [0, 0.05) is 23.8 Å². The number of benzene rings is 2. The zero-order chi connectivity index (χ0) is 16.8. The van der Waals surface area contributed by atoms with Gasteiger partial charge >= 0.3 is 0 Å². The topological polar surface area (TPSA) is 63.4 Å². The molecule has 1 atom stereocenters. The molecule has 0 aromatic heterocycles. The average Bonchev–Trinajstić information content (AvgIpc) is 2.78. The van der Waals surface area contributed by atoms with Gasteiger partial charge in [0.2, 0.25) is 10.0 Å². The second kappa shape index (κ2) is 5.58. The minimum absolute atomic E-state index is 0.0448. The first-order chi connectivity index (χ1) is 10.8. The Kier molecular flexibility index (Phi) is 3.85. The normalized spacial score (nSPS) is 17.4. The van der Waals surface area contributed by atoms with E-state index in [4.69, 9.17) is 5.14 Å². The van der Waals surface area contributed by atoms with Crippen LogP contribution in [0, 0.1) is 11.6 Å². The Morgan fingerprint density at radius 3 is 2.70 bits per heavy atom. The summed E-state index contributed by atoms with van der Waals surface area (Å²) in [6, 6.07) is 8.78. The lowest BCUT2D eigenvalue weighted by atomic mass is 10.1. The van der Waals surface area contributed by atoms with Crippen molar-refractivity contribution >= 4 is 15.7 Å². The number of sulfonamides is 1. The van der Waals surface area contributed by atoms with Gasteiger partial charge in [-0.15, -0.1) is 0 Å². The highest BCUT2D eigenvalue weighted by Crippen LogP contribution is 2.35. The minimum Gasteiger partial charge on any atom is -0.364 e. The number of primary sulfonamides is 1. The molecule has 4 nitrogen and oxygen atoms in total. The highest BCUT2D eigenvalue weighted by atomic mass is 32.2. The van der Waals surface area contributed by atoms with Gasteiger partial charge in [-0.1, -0.05) is 12.1 Å². The van der Waals surface area contributed by atoms with E-state index in [0.29, 0.717) is 6.42 Å². The Morgan fingerprint density at radius 2 is 2.00 bits per heavy atom. The number of fused-ring (bicyclic) bond motifs is 1. The van der Waals surface area contributed by atoms with E-state index in [1.165, 1.54) is 12.1 Å². The maximum absolute atomic E-state index is 13.9. The van der Waals surface area contributed by atoms with Gasteiger partial charge in [-0.05, 0) is 43.2 Å². The van der Waals surface area contributed by atoms with Crippen molar-refractivity contribution in [2.75, 3.05) is 4.90 Å². The predicted molar refractivity (Wildman–Crippen MR) is 83.5 cm³/mol. The number of nitrogens with two attached hydrogens (primary N) is 1. The molecule has 3 rings (SSSR count). The maximum Gasteiger partial charge on any atom is 0.238 e. The quantitative estimate of drug-likeness (QED) is 0.935. The molecule has 0 amide bonds. The first-order valence-electron chi connectivity index (χ1n) is 7.12. The van der Waals surface area contributed by atoms with Crippen LogP contribution < -0.4 is 10.0 Å². The number of nitrogens with zero attached hydrogens (tertiary/aromatic N) is 1. The lowest BCUT2D eigenvalue weighted by Gasteiger charge is -2.25. The van der Waals surface area contributed by atoms with Gasteiger partial charge in [0.1, 0.15) is 0 Å². The summed E-state index contributed by atoms with van der Waals surface area (Å²) in [7, 11) is -3.76. The zero-order valence-electron chi connectivity index (χ0n) is 12.5. The SMILES string of the molecule is C[C@H]1Cc2cc(S(N)(=O)=O)ccc2N1Cc1cccc(F)c1F. The second-order valence-corrected chi connectivity index (χ2v) is 7.29. The van der Waals surface area contributed by atoms with Crippen LogP contribution in [0.5, 0.6) is 0 Å². The van der Waals surface area contributed by atoms with Crippen LogP contribution >= 0.6 is 0 Å². The summed E-state index contributed by atoms with van der Waals surface area (Å²) in [5.41, 5.74) is 1.91. The van der Waals surface area contributed by atoms with Crippen molar-refractivity contribution in [3.8, 4) is 0 Å². The molecule has 0 saturated carbocycles. The van der Waals surface area contributed by atoms with E-state index in [9.17, 15) is 17.2 Å². The summed E-state index contributed by atoms with van der Waals surface area (Å²) in [5, 5.41) is 5.15. The van der Waals surface area contributed by atoms with Crippen molar-refractivity contribution in [2.45, 2.75) is 30.8 Å². The molecule has 0 spiro atoms. The van der Waals surface area contributed by atoms with Crippen LogP contribution in [0.25, 0.3) is 0 Å². The molecular weight excluding hydrogens is 322 g/mol. The number of halogens is 2. The first-order valence-corrected chi connectivity index (χ1v) is 8.67. The molecule has 0 radical (unpaired) electrons. The van der Waals surface area contributed by atoms with E-state index < -0.39 is 21.7 Å². The third kappa shape index (κ3) is 2.94. The highest BCUT2D eigenvalue weighted by Gasteiger charge is 2.28. The number of rotatable bonds is 3. The van der Waals surface area contributed by atoms with Crippen LogP contribution in [0.15, 0.2) is 41.3 Å². The number of hydrogen-bond acceptors (Lipinski definition) is 3. The fourth-order valence-corrected chi connectivity index (χ4v) is 3.51. The van der Waals surface area contributed by atoms with Gasteiger partial charge in [-0.25, -0.2) is 22.3 Å². The van der Waals surface area contributed by atoms with Gasteiger partial charge < -0.3 is 4.90 Å². The molecule has 7 heteroatoms. The van der Waals surface area contributed by atoms with Crippen molar-refractivity contribution < 1.29 is 17.2 Å². The standard InChI is InChI=1S/C16H16F2N2O2S/c1-10-7-12-8-13(23(19,21)22)5-6-15(12)20(10)9-11-3-2-4-14(17)16(11)18/h2-6,8,10H,7,9H2,1H3,(H2,19,21,22)/t10-/m0/s1. The van der Waals surface area contributed by atoms with E-state index in [-0.39, 0.29) is 23.0 Å². The average molecular weight is 338 g/mol. The summed E-state index contributed by atoms with van der Waals surface area (Å²) in [5.74, 6) is -1.73. The Labute approximate surface area is 133 Å². The lowest BCUT2D eigenvalue weighted by Crippen LogP contribution is -2.29. The van der Waals surface area contributed by atoms with Crippen LogP contribution in [-0.2, 0) is 23.0 Å². The van der Waals surface area contributed by atoms with Gasteiger partial charge in [0.15, 0.2) is 11.6 Å². The van der Waals surface area contributed by atoms with E-state index in [1.54, 1.807) is 18.2 Å². The van der Waals surface area contributed by atoms with Crippen LogP contribution in [-0.4, -0.2) is 14.5 Å². The molecule has 0 fully saturated rings. The molecule has 0 unspecified atom stereocenters. The summed E-state index contributed by atoms with van der Waals surface area (Å²) in [4.78, 5) is 1.99. The molecule has 2 N–H and O–H groups in total. The first kappa shape index (κ1) is 15.9. The molecule has 122 valence electrons. The monoisotopic (exact) mass is 338 g/mol. The van der Waals surface area contributed by atoms with Crippen LogP contribution in [0.2, 0.25) is 0 Å². The summed E-state index contributed by atoms with van der Waals surface area (Å²) >= 11 is 0. The van der Waals surface area contributed by atoms with Crippen molar-refractivity contribution in [1.82, 2.24) is 0 Å². The zero-order valence-corrected chi connectivity index (χ0v) is 13.3. The fourth-order valence-electron chi connectivity index (χ4n) is 2.94. The number of hydrogen-bond donors (Lipinski definition) is 1. The smallest absolute Gasteiger partial charge is 0.238 e. The van der Waals surface area contributed by atoms with Crippen molar-refractivity contribution in [3.05, 3.63) is 59.2 Å². The van der Waals surface area contributed by atoms with Gasteiger partial charge in [-0.2, -0.15) is 0 Å². The second-order valence-electron chi connectivity index (χ2n) is 5.73. The molecule has 0 aliphatic carbocycles. The summed E-state index contributed by atoms with van der Waals surface area (Å²) in [6.07, 6.45) is 0.621. The Balaban J connectivity index is 1.96. The summed E-state index contributed by atoms with van der Waals surface area (Å²) in [6.45, 7) is 2.17. The Bertz CT molecular complexity index is 868. The highest BCUT2D eigenvalue weighted by molar-refractivity contribution is 7.89. The Hall–Kier alpha value is -1.99. The van der Waals surface area contributed by atoms with Crippen LogP contribution in [0.3, 0.4) is 0 Å². The van der Waals surface area contributed by atoms with Gasteiger partial charge in [0.05, 0.1) is 4.90 Å².